The van der Waals surface area contributed by atoms with E-state index < -0.39 is 0 Å². The number of anilines is 2. The molecule has 154 valence electrons. The van der Waals surface area contributed by atoms with Gasteiger partial charge in [-0.25, -0.2) is 9.13 Å². The van der Waals surface area contributed by atoms with Gasteiger partial charge in [0.2, 0.25) is 0 Å². The highest BCUT2D eigenvalue weighted by molar-refractivity contribution is 5.44. The van der Waals surface area contributed by atoms with Gasteiger partial charge in [0.15, 0.2) is 37.9 Å². The summed E-state index contributed by atoms with van der Waals surface area (Å²) in [7, 11) is 0. The van der Waals surface area contributed by atoms with Gasteiger partial charge in [-0.05, 0) is 44.9 Å². The van der Waals surface area contributed by atoms with Gasteiger partial charge < -0.3 is 9.80 Å². The van der Waals surface area contributed by atoms with Crippen LogP contribution in [0.25, 0.3) is 0 Å². The van der Waals surface area contributed by atoms with Crippen molar-refractivity contribution >= 4 is 11.4 Å². The van der Waals surface area contributed by atoms with Crippen molar-refractivity contribution in [3.8, 4) is 0 Å². The van der Waals surface area contributed by atoms with Crippen LogP contribution in [-0.2, 0) is 13.1 Å². The van der Waals surface area contributed by atoms with E-state index in [9.17, 15) is 0 Å². The fraction of sp³-hybridized carbons (Fsp3) is 0.600. The molecule has 2 aromatic rings. The molecule has 0 bridgehead atoms. The predicted molar refractivity (Wildman–Crippen MR) is 117 cm³/mol. The first-order valence-electron chi connectivity index (χ1n) is 11.8. The molecule has 2 unspecified atom stereocenters. The quantitative estimate of drug-likeness (QED) is 0.698. The number of hydrogen-bond acceptors (Lipinski definition) is 2. The molecule has 1 saturated carbocycles. The van der Waals surface area contributed by atoms with Crippen molar-refractivity contribution < 1.29 is 9.13 Å². The van der Waals surface area contributed by atoms with Crippen molar-refractivity contribution in [2.24, 2.45) is 11.8 Å². The van der Waals surface area contributed by atoms with E-state index in [1.807, 2.05) is 0 Å². The van der Waals surface area contributed by atoms with Crippen molar-refractivity contribution in [2.45, 2.75) is 58.0 Å². The van der Waals surface area contributed by atoms with Gasteiger partial charge in [-0.1, -0.05) is 0 Å². The molecule has 3 aliphatic rings. The lowest BCUT2D eigenvalue weighted by Gasteiger charge is -2.28. The van der Waals surface area contributed by atoms with Crippen LogP contribution < -0.4 is 18.9 Å². The third-order valence-electron chi connectivity index (χ3n) is 7.15. The van der Waals surface area contributed by atoms with Crippen LogP contribution in [0.2, 0.25) is 0 Å². The lowest BCUT2D eigenvalue weighted by atomic mass is 10.1. The summed E-state index contributed by atoms with van der Waals surface area (Å²) >= 11 is 0. The van der Waals surface area contributed by atoms with Gasteiger partial charge in [-0.3, -0.25) is 0 Å². The fourth-order valence-corrected chi connectivity index (χ4v) is 5.17. The summed E-state index contributed by atoms with van der Waals surface area (Å²) in [6.45, 7) is 7.23. The molecule has 0 aromatic carbocycles. The summed E-state index contributed by atoms with van der Waals surface area (Å²) in [6, 6.07) is 9.26. The maximum atomic E-state index is 2.54. The molecule has 5 rings (SSSR count). The van der Waals surface area contributed by atoms with Gasteiger partial charge >= 0.3 is 0 Å². The SMILES string of the molecule is c1c[n+](CC2CC2C[n+]2ccc(N3CCCCC3)cc2)ccc1N1CCCCC1. The molecule has 29 heavy (non-hydrogen) atoms. The third kappa shape index (κ3) is 4.73. The predicted octanol–water partition coefficient (Wildman–Crippen LogP) is 3.58. The molecule has 2 atom stereocenters. The van der Waals surface area contributed by atoms with Crippen LogP contribution in [0.4, 0.5) is 11.4 Å². The van der Waals surface area contributed by atoms with Gasteiger partial charge in [0, 0.05) is 73.7 Å². The molecule has 1 aliphatic carbocycles. The second kappa shape index (κ2) is 8.73. The van der Waals surface area contributed by atoms with E-state index in [4.69, 9.17) is 0 Å². The van der Waals surface area contributed by atoms with Crippen LogP contribution >= 0.6 is 0 Å². The van der Waals surface area contributed by atoms with Crippen LogP contribution in [0, 0.1) is 11.8 Å². The molecule has 2 aromatic heterocycles. The van der Waals surface area contributed by atoms with Gasteiger partial charge in [0.05, 0.1) is 0 Å². The zero-order chi connectivity index (χ0) is 19.5. The highest BCUT2D eigenvalue weighted by atomic mass is 15.1. The van der Waals surface area contributed by atoms with E-state index in [2.05, 4.69) is 68.0 Å². The van der Waals surface area contributed by atoms with Gasteiger partial charge in [-0.2, -0.15) is 0 Å². The Morgan fingerprint density at radius 2 is 0.966 bits per heavy atom. The molecule has 0 N–H and O–H groups in total. The van der Waals surface area contributed by atoms with Crippen LogP contribution in [0.15, 0.2) is 49.1 Å². The largest absolute Gasteiger partial charge is 0.371 e. The number of hydrogen-bond donors (Lipinski definition) is 0. The average Bonchev–Trinajstić information content (AvgIpc) is 3.53. The Hall–Kier alpha value is -2.10. The highest BCUT2D eigenvalue weighted by Gasteiger charge is 2.42. The Morgan fingerprint density at radius 1 is 0.586 bits per heavy atom. The summed E-state index contributed by atoms with van der Waals surface area (Å²) in [5.74, 6) is 1.66. The summed E-state index contributed by atoms with van der Waals surface area (Å²) in [5.41, 5.74) is 2.80. The van der Waals surface area contributed by atoms with Gasteiger partial charge in [0.1, 0.15) is 0 Å². The summed E-state index contributed by atoms with van der Waals surface area (Å²) < 4.78 is 4.78. The van der Waals surface area contributed by atoms with Crippen LogP contribution in [0.5, 0.6) is 0 Å². The van der Waals surface area contributed by atoms with E-state index in [0.717, 1.165) is 24.9 Å². The number of rotatable bonds is 6. The monoisotopic (exact) mass is 392 g/mol. The van der Waals surface area contributed by atoms with Crippen molar-refractivity contribution in [3.05, 3.63) is 49.1 Å². The molecule has 4 nitrogen and oxygen atoms in total. The lowest BCUT2D eigenvalue weighted by molar-refractivity contribution is -0.709. The summed E-state index contributed by atoms with van der Waals surface area (Å²) in [4.78, 5) is 5.08. The van der Waals surface area contributed by atoms with E-state index in [-0.39, 0.29) is 0 Å². The maximum absolute atomic E-state index is 2.54. The average molecular weight is 393 g/mol. The molecule has 2 aliphatic heterocycles. The Balaban J connectivity index is 1.11. The van der Waals surface area contributed by atoms with E-state index in [1.165, 1.54) is 82.5 Å². The first kappa shape index (κ1) is 18.9. The highest BCUT2D eigenvalue weighted by Crippen LogP contribution is 2.39. The molecule has 4 heteroatoms. The molecule has 2 saturated heterocycles. The minimum atomic E-state index is 0.829. The third-order valence-corrected chi connectivity index (χ3v) is 7.15. The standard InChI is InChI=1S/C25H36N4/c1-3-11-28(12-4-1)24-7-15-26(16-8-24)20-22-19-23(22)21-27-17-9-25(10-18-27)29-13-5-2-6-14-29/h7-10,15-18,22-23H,1-6,11-14,19-21H2/q+2. The van der Waals surface area contributed by atoms with Crippen molar-refractivity contribution in [1.29, 1.82) is 0 Å². The molecule has 3 fully saturated rings. The molecular formula is C25H36N4+2. The fourth-order valence-electron chi connectivity index (χ4n) is 5.17. The topological polar surface area (TPSA) is 14.2 Å². The molecule has 4 heterocycles. The smallest absolute Gasteiger partial charge is 0.170 e. The number of aromatic nitrogens is 2. The van der Waals surface area contributed by atoms with Gasteiger partial charge in [-0.15, -0.1) is 0 Å². The Kier molecular flexibility index (Phi) is 5.69. The Bertz CT molecular complexity index is 706. The van der Waals surface area contributed by atoms with E-state index >= 15 is 0 Å². The Morgan fingerprint density at radius 3 is 1.34 bits per heavy atom. The van der Waals surface area contributed by atoms with Crippen LogP contribution in [0.3, 0.4) is 0 Å². The molecule has 0 radical (unpaired) electrons. The zero-order valence-corrected chi connectivity index (χ0v) is 17.8. The number of piperidine rings is 2. The van der Waals surface area contributed by atoms with E-state index in [0.29, 0.717) is 0 Å². The summed E-state index contributed by atoms with van der Waals surface area (Å²) in [5, 5.41) is 0. The summed E-state index contributed by atoms with van der Waals surface area (Å²) in [6.07, 6.45) is 18.7. The maximum Gasteiger partial charge on any atom is 0.170 e. The minimum absolute atomic E-state index is 0.829. The normalized spacial score (nSPS) is 24.6. The number of pyridine rings is 2. The van der Waals surface area contributed by atoms with Crippen molar-refractivity contribution in [3.63, 3.8) is 0 Å². The van der Waals surface area contributed by atoms with Crippen molar-refractivity contribution in [1.82, 2.24) is 0 Å². The molecule has 0 spiro atoms. The van der Waals surface area contributed by atoms with E-state index in [1.54, 1.807) is 0 Å². The first-order chi connectivity index (χ1) is 14.3. The first-order valence-corrected chi connectivity index (χ1v) is 11.8. The van der Waals surface area contributed by atoms with Crippen molar-refractivity contribution in [2.75, 3.05) is 36.0 Å². The zero-order valence-electron chi connectivity index (χ0n) is 17.8. The molecule has 0 amide bonds. The lowest BCUT2D eigenvalue weighted by Crippen LogP contribution is -2.38. The van der Waals surface area contributed by atoms with Gasteiger partial charge in [0.25, 0.3) is 0 Å². The second-order valence-corrected chi connectivity index (χ2v) is 9.36. The Labute approximate surface area is 175 Å². The molecular weight excluding hydrogens is 356 g/mol. The van der Waals surface area contributed by atoms with Crippen LogP contribution in [0.1, 0.15) is 44.9 Å². The second-order valence-electron chi connectivity index (χ2n) is 9.36. The minimum Gasteiger partial charge on any atom is -0.371 e. The number of nitrogens with zero attached hydrogens (tertiary/aromatic N) is 4. The van der Waals surface area contributed by atoms with Crippen LogP contribution in [-0.4, -0.2) is 26.2 Å².